The number of rotatable bonds is 7. The van der Waals surface area contributed by atoms with Crippen molar-refractivity contribution in [3.05, 3.63) is 0 Å². The molecular formula is C10H23NO. The average Bonchev–Trinajstić information content (AvgIpc) is 2.11. The summed E-state index contributed by atoms with van der Waals surface area (Å²) in [6.45, 7) is 4.35. The van der Waals surface area contributed by atoms with Crippen molar-refractivity contribution in [1.82, 2.24) is 5.32 Å². The Labute approximate surface area is 76.7 Å². The molecule has 74 valence electrons. The summed E-state index contributed by atoms with van der Waals surface area (Å²) in [5.74, 6) is 0. The molecule has 2 unspecified atom stereocenters. The van der Waals surface area contributed by atoms with Crippen LogP contribution in [-0.2, 0) is 4.74 Å². The molecule has 2 heteroatoms. The Morgan fingerprint density at radius 1 is 1.25 bits per heavy atom. The molecule has 0 radical (unpaired) electrons. The molecule has 0 fully saturated rings. The number of methoxy groups -OCH3 is 1. The van der Waals surface area contributed by atoms with Crippen LogP contribution in [0, 0.1) is 0 Å². The van der Waals surface area contributed by atoms with Crippen LogP contribution in [-0.4, -0.2) is 26.3 Å². The topological polar surface area (TPSA) is 21.3 Å². The third-order valence-corrected chi connectivity index (χ3v) is 2.37. The van der Waals surface area contributed by atoms with Crippen molar-refractivity contribution >= 4 is 0 Å². The second-order valence-electron chi connectivity index (χ2n) is 3.40. The van der Waals surface area contributed by atoms with Gasteiger partial charge >= 0.3 is 0 Å². The third kappa shape index (κ3) is 5.56. The number of ether oxygens (including phenoxy) is 1. The molecular weight excluding hydrogens is 150 g/mol. The van der Waals surface area contributed by atoms with Gasteiger partial charge < -0.3 is 10.1 Å². The predicted octanol–water partition coefficient (Wildman–Crippen LogP) is 2.19. The summed E-state index contributed by atoms with van der Waals surface area (Å²) in [4.78, 5) is 0. The molecule has 2 atom stereocenters. The lowest BCUT2D eigenvalue weighted by Crippen LogP contribution is -2.26. The van der Waals surface area contributed by atoms with E-state index in [9.17, 15) is 0 Å². The molecule has 12 heavy (non-hydrogen) atoms. The molecule has 0 aliphatic heterocycles. The highest BCUT2D eigenvalue weighted by Gasteiger charge is 2.06. The Bertz CT molecular complexity index is 95.8. The zero-order valence-corrected chi connectivity index (χ0v) is 8.89. The van der Waals surface area contributed by atoms with Gasteiger partial charge in [-0.3, -0.25) is 0 Å². The Kier molecular flexibility index (Phi) is 7.51. The summed E-state index contributed by atoms with van der Waals surface area (Å²) in [7, 11) is 3.82. The molecule has 0 spiro atoms. The maximum absolute atomic E-state index is 5.20. The maximum atomic E-state index is 5.20. The van der Waals surface area contributed by atoms with Crippen LogP contribution in [0.25, 0.3) is 0 Å². The zero-order valence-electron chi connectivity index (χ0n) is 8.89. The van der Waals surface area contributed by atoms with Gasteiger partial charge in [0, 0.05) is 13.2 Å². The smallest absolute Gasteiger partial charge is 0.0543 e. The van der Waals surface area contributed by atoms with Crippen LogP contribution in [0.15, 0.2) is 0 Å². The summed E-state index contributed by atoms with van der Waals surface area (Å²) >= 11 is 0. The molecule has 0 aliphatic carbocycles. The quantitative estimate of drug-likeness (QED) is 0.637. The second-order valence-corrected chi connectivity index (χ2v) is 3.40. The first-order valence-electron chi connectivity index (χ1n) is 4.94. The van der Waals surface area contributed by atoms with Gasteiger partial charge in [0.25, 0.3) is 0 Å². The van der Waals surface area contributed by atoms with Gasteiger partial charge in [0.2, 0.25) is 0 Å². The highest BCUT2D eigenvalue weighted by molar-refractivity contribution is 4.65. The van der Waals surface area contributed by atoms with Crippen molar-refractivity contribution in [2.75, 3.05) is 14.2 Å². The fourth-order valence-corrected chi connectivity index (χ4v) is 1.34. The Balaban J connectivity index is 3.43. The number of nitrogens with one attached hydrogen (secondary N) is 1. The summed E-state index contributed by atoms with van der Waals surface area (Å²) in [5.41, 5.74) is 0. The van der Waals surface area contributed by atoms with Gasteiger partial charge in [-0.2, -0.15) is 0 Å². The van der Waals surface area contributed by atoms with Gasteiger partial charge in [-0.25, -0.2) is 0 Å². The summed E-state index contributed by atoms with van der Waals surface area (Å²) in [6.07, 6.45) is 5.30. The fraction of sp³-hybridized carbons (Fsp3) is 1.00. The van der Waals surface area contributed by atoms with Gasteiger partial charge in [-0.05, 0) is 33.2 Å². The third-order valence-electron chi connectivity index (χ3n) is 2.37. The average molecular weight is 173 g/mol. The number of hydrogen-bond donors (Lipinski definition) is 1. The van der Waals surface area contributed by atoms with Crippen molar-refractivity contribution in [1.29, 1.82) is 0 Å². The van der Waals surface area contributed by atoms with E-state index in [1.165, 1.54) is 19.3 Å². The van der Waals surface area contributed by atoms with Crippen LogP contribution in [0.5, 0.6) is 0 Å². The summed E-state index contributed by atoms with van der Waals surface area (Å²) in [5, 5.41) is 3.33. The van der Waals surface area contributed by atoms with E-state index in [4.69, 9.17) is 4.74 Å². The van der Waals surface area contributed by atoms with Crippen LogP contribution in [0.2, 0.25) is 0 Å². The minimum atomic E-state index is 0.401. The van der Waals surface area contributed by atoms with E-state index in [1.54, 1.807) is 7.11 Å². The van der Waals surface area contributed by atoms with E-state index >= 15 is 0 Å². The monoisotopic (exact) mass is 173 g/mol. The van der Waals surface area contributed by atoms with Gasteiger partial charge in [0.1, 0.15) is 0 Å². The molecule has 1 N–H and O–H groups in total. The Morgan fingerprint density at radius 2 is 1.92 bits per heavy atom. The van der Waals surface area contributed by atoms with E-state index in [0.29, 0.717) is 12.1 Å². The predicted molar refractivity (Wildman–Crippen MR) is 53.5 cm³/mol. The van der Waals surface area contributed by atoms with Gasteiger partial charge in [-0.15, -0.1) is 0 Å². The molecule has 0 aliphatic rings. The molecule has 0 rings (SSSR count). The lowest BCUT2D eigenvalue weighted by atomic mass is 10.0. The van der Waals surface area contributed by atoms with Crippen LogP contribution in [0.1, 0.15) is 39.5 Å². The van der Waals surface area contributed by atoms with Crippen molar-refractivity contribution in [3.8, 4) is 0 Å². The van der Waals surface area contributed by atoms with Crippen molar-refractivity contribution < 1.29 is 4.74 Å². The molecule has 0 bridgehead atoms. The normalized spacial score (nSPS) is 16.0. The second kappa shape index (κ2) is 7.56. The minimum Gasteiger partial charge on any atom is -0.382 e. The highest BCUT2D eigenvalue weighted by Crippen LogP contribution is 2.07. The van der Waals surface area contributed by atoms with Gasteiger partial charge in [0.15, 0.2) is 0 Å². The fourth-order valence-electron chi connectivity index (χ4n) is 1.34. The van der Waals surface area contributed by atoms with Gasteiger partial charge in [0.05, 0.1) is 6.10 Å². The minimum absolute atomic E-state index is 0.401. The Hall–Kier alpha value is -0.0800. The standard InChI is InChI=1S/C10H23NO/c1-5-6-10(11-3)8-7-9(2)12-4/h9-11H,5-8H2,1-4H3. The van der Waals surface area contributed by atoms with E-state index in [2.05, 4.69) is 19.2 Å². The molecule has 0 heterocycles. The first kappa shape index (κ1) is 11.9. The molecule has 0 saturated carbocycles. The first-order chi connectivity index (χ1) is 5.74. The number of hydrogen-bond acceptors (Lipinski definition) is 2. The molecule has 0 saturated heterocycles. The molecule has 0 amide bonds. The summed E-state index contributed by atoms with van der Waals surface area (Å²) < 4.78 is 5.20. The first-order valence-corrected chi connectivity index (χ1v) is 4.94. The van der Waals surface area contributed by atoms with Crippen LogP contribution in [0.3, 0.4) is 0 Å². The summed E-state index contributed by atoms with van der Waals surface area (Å²) in [6, 6.07) is 0.674. The SMILES string of the molecule is CCCC(CCC(C)OC)NC. The van der Waals surface area contributed by atoms with E-state index in [-0.39, 0.29) is 0 Å². The highest BCUT2D eigenvalue weighted by atomic mass is 16.5. The zero-order chi connectivity index (χ0) is 9.40. The van der Waals surface area contributed by atoms with Crippen LogP contribution in [0.4, 0.5) is 0 Å². The van der Waals surface area contributed by atoms with E-state index in [0.717, 1.165) is 6.42 Å². The molecule has 0 aromatic rings. The lowest BCUT2D eigenvalue weighted by Gasteiger charge is -2.17. The van der Waals surface area contributed by atoms with Crippen LogP contribution < -0.4 is 5.32 Å². The van der Waals surface area contributed by atoms with Crippen molar-refractivity contribution in [3.63, 3.8) is 0 Å². The van der Waals surface area contributed by atoms with Crippen molar-refractivity contribution in [2.45, 2.75) is 51.7 Å². The van der Waals surface area contributed by atoms with Crippen molar-refractivity contribution in [2.24, 2.45) is 0 Å². The molecule has 0 aromatic heterocycles. The van der Waals surface area contributed by atoms with E-state index < -0.39 is 0 Å². The van der Waals surface area contributed by atoms with Crippen LogP contribution >= 0.6 is 0 Å². The maximum Gasteiger partial charge on any atom is 0.0543 e. The largest absolute Gasteiger partial charge is 0.382 e. The lowest BCUT2D eigenvalue weighted by molar-refractivity contribution is 0.106. The van der Waals surface area contributed by atoms with E-state index in [1.807, 2.05) is 7.05 Å². The molecule has 0 aromatic carbocycles. The van der Waals surface area contributed by atoms with Gasteiger partial charge in [-0.1, -0.05) is 13.3 Å². The Morgan fingerprint density at radius 3 is 2.33 bits per heavy atom. The molecule has 2 nitrogen and oxygen atoms in total.